The lowest BCUT2D eigenvalue weighted by Crippen LogP contribution is -2.06. The number of hydrogen-bond donors (Lipinski definition) is 0. The van der Waals surface area contributed by atoms with Gasteiger partial charge in [0.25, 0.3) is 0 Å². The van der Waals surface area contributed by atoms with Crippen molar-refractivity contribution >= 4 is 0 Å². The normalized spacial score (nSPS) is 16.2. The summed E-state index contributed by atoms with van der Waals surface area (Å²) in [4.78, 5) is 19.5. The van der Waals surface area contributed by atoms with Crippen LogP contribution in [0.1, 0.15) is 20.3 Å². The number of nitroso groups, excluding NO2 is 2. The van der Waals surface area contributed by atoms with Gasteiger partial charge in [0.2, 0.25) is 0 Å². The molecule has 2 unspecified atom stereocenters. The van der Waals surface area contributed by atoms with E-state index in [1.54, 1.807) is 13.8 Å². The lowest BCUT2D eigenvalue weighted by Gasteiger charge is -2.01. The summed E-state index contributed by atoms with van der Waals surface area (Å²) < 4.78 is 0. The summed E-state index contributed by atoms with van der Waals surface area (Å²) >= 11 is 0. The van der Waals surface area contributed by atoms with E-state index in [0.29, 0.717) is 6.42 Å². The van der Waals surface area contributed by atoms with E-state index in [1.807, 2.05) is 0 Å². The Balaban J connectivity index is 3.45. The molecule has 0 N–H and O–H groups in total. The molecule has 9 heavy (non-hydrogen) atoms. The highest BCUT2D eigenvalue weighted by Gasteiger charge is 2.07. The fraction of sp³-hybridized carbons (Fsp3) is 1.00. The molecule has 0 aromatic rings. The first-order chi connectivity index (χ1) is 4.20. The standard InChI is InChI=1S/C5H10N2O2/c1-4(6-8)3-5(2)7-9/h4-5H,3H2,1-2H3. The van der Waals surface area contributed by atoms with Gasteiger partial charge in [0.1, 0.15) is 0 Å². The number of rotatable bonds is 4. The van der Waals surface area contributed by atoms with E-state index in [4.69, 9.17) is 0 Å². The molecule has 4 nitrogen and oxygen atoms in total. The van der Waals surface area contributed by atoms with Crippen molar-refractivity contribution in [1.29, 1.82) is 0 Å². The van der Waals surface area contributed by atoms with Crippen LogP contribution in [0.2, 0.25) is 0 Å². The highest BCUT2D eigenvalue weighted by Crippen LogP contribution is 2.03. The molecule has 0 heterocycles. The maximum absolute atomic E-state index is 9.76. The van der Waals surface area contributed by atoms with Crippen molar-refractivity contribution in [2.75, 3.05) is 0 Å². The molecular formula is C5H10N2O2. The second-order valence-electron chi connectivity index (χ2n) is 2.14. The Hall–Kier alpha value is -0.800. The van der Waals surface area contributed by atoms with Gasteiger partial charge >= 0.3 is 0 Å². The van der Waals surface area contributed by atoms with Gasteiger partial charge in [-0.05, 0) is 20.3 Å². The predicted molar refractivity (Wildman–Crippen MR) is 35.1 cm³/mol. The van der Waals surface area contributed by atoms with Crippen molar-refractivity contribution in [2.24, 2.45) is 10.4 Å². The summed E-state index contributed by atoms with van der Waals surface area (Å²) in [6, 6.07) is -0.588. The molecule has 4 heteroatoms. The molecule has 0 aliphatic heterocycles. The zero-order chi connectivity index (χ0) is 7.28. The van der Waals surface area contributed by atoms with Crippen molar-refractivity contribution < 1.29 is 0 Å². The molecule has 2 atom stereocenters. The smallest absolute Gasteiger partial charge is 0.0913 e. The van der Waals surface area contributed by atoms with Crippen LogP contribution in [0, 0.1) is 9.81 Å². The van der Waals surface area contributed by atoms with Crippen LogP contribution < -0.4 is 0 Å². The zero-order valence-corrected chi connectivity index (χ0v) is 5.57. The first kappa shape index (κ1) is 8.20. The van der Waals surface area contributed by atoms with E-state index in [1.165, 1.54) is 0 Å². The van der Waals surface area contributed by atoms with Crippen LogP contribution in [0.25, 0.3) is 0 Å². The van der Waals surface area contributed by atoms with E-state index < -0.39 is 0 Å². The minimum Gasteiger partial charge on any atom is -0.151 e. The molecule has 0 aliphatic carbocycles. The average molecular weight is 130 g/mol. The second-order valence-corrected chi connectivity index (χ2v) is 2.14. The molecule has 52 valence electrons. The Kier molecular flexibility index (Phi) is 3.75. The third-order valence-corrected chi connectivity index (χ3v) is 1.04. The average Bonchev–Trinajstić information content (AvgIpc) is 1.87. The number of hydrogen-bond acceptors (Lipinski definition) is 4. The van der Waals surface area contributed by atoms with Crippen LogP contribution in [0.5, 0.6) is 0 Å². The molecule has 0 fully saturated rings. The topological polar surface area (TPSA) is 58.9 Å². The third kappa shape index (κ3) is 3.76. The van der Waals surface area contributed by atoms with Gasteiger partial charge in [-0.1, -0.05) is 10.4 Å². The van der Waals surface area contributed by atoms with Crippen LogP contribution >= 0.6 is 0 Å². The van der Waals surface area contributed by atoms with Crippen LogP contribution in [0.15, 0.2) is 10.4 Å². The van der Waals surface area contributed by atoms with Crippen molar-refractivity contribution in [2.45, 2.75) is 32.4 Å². The monoisotopic (exact) mass is 130 g/mol. The molecular weight excluding hydrogens is 120 g/mol. The van der Waals surface area contributed by atoms with Crippen molar-refractivity contribution in [3.8, 4) is 0 Å². The van der Waals surface area contributed by atoms with Gasteiger partial charge in [0.15, 0.2) is 0 Å². The molecule has 0 spiro atoms. The maximum atomic E-state index is 9.76. The SMILES string of the molecule is CC(CC(C)N=O)N=O. The van der Waals surface area contributed by atoms with Gasteiger partial charge < -0.3 is 0 Å². The lowest BCUT2D eigenvalue weighted by atomic mass is 10.1. The molecule has 0 bridgehead atoms. The second kappa shape index (κ2) is 4.12. The van der Waals surface area contributed by atoms with Gasteiger partial charge in [-0.3, -0.25) is 0 Å². The largest absolute Gasteiger partial charge is 0.151 e. The Bertz CT molecular complexity index is 93.1. The summed E-state index contributed by atoms with van der Waals surface area (Å²) in [5.74, 6) is 0. The molecule has 0 saturated heterocycles. The van der Waals surface area contributed by atoms with E-state index >= 15 is 0 Å². The van der Waals surface area contributed by atoms with E-state index in [9.17, 15) is 9.81 Å². The summed E-state index contributed by atoms with van der Waals surface area (Å²) in [5, 5.41) is 5.46. The van der Waals surface area contributed by atoms with E-state index in [2.05, 4.69) is 10.4 Å². The minimum absolute atomic E-state index is 0.294. The van der Waals surface area contributed by atoms with Gasteiger partial charge in [-0.15, -0.1) is 0 Å². The molecule has 0 amide bonds. The third-order valence-electron chi connectivity index (χ3n) is 1.04. The fourth-order valence-corrected chi connectivity index (χ4v) is 0.580. The van der Waals surface area contributed by atoms with Crippen LogP contribution in [0.4, 0.5) is 0 Å². The maximum Gasteiger partial charge on any atom is 0.0913 e. The molecule has 0 rings (SSSR count). The Morgan fingerprint density at radius 2 is 1.44 bits per heavy atom. The highest BCUT2D eigenvalue weighted by molar-refractivity contribution is 4.67. The Labute approximate surface area is 53.6 Å². The first-order valence-corrected chi connectivity index (χ1v) is 2.85. The summed E-state index contributed by atoms with van der Waals surface area (Å²) in [7, 11) is 0. The molecule has 0 radical (unpaired) electrons. The lowest BCUT2D eigenvalue weighted by molar-refractivity contribution is 0.577. The van der Waals surface area contributed by atoms with E-state index in [-0.39, 0.29) is 12.1 Å². The fourth-order valence-electron chi connectivity index (χ4n) is 0.580. The first-order valence-electron chi connectivity index (χ1n) is 2.85. The van der Waals surface area contributed by atoms with Gasteiger partial charge in [-0.25, -0.2) is 0 Å². The molecule has 0 saturated carbocycles. The van der Waals surface area contributed by atoms with Gasteiger partial charge in [0, 0.05) is 0 Å². The zero-order valence-electron chi connectivity index (χ0n) is 5.57. The summed E-state index contributed by atoms with van der Waals surface area (Å²) in [6.07, 6.45) is 0.451. The Morgan fingerprint density at radius 1 is 1.11 bits per heavy atom. The van der Waals surface area contributed by atoms with Crippen molar-refractivity contribution in [3.63, 3.8) is 0 Å². The molecule has 0 aliphatic rings. The summed E-state index contributed by atoms with van der Waals surface area (Å²) in [6.45, 7) is 3.32. The minimum atomic E-state index is -0.294. The van der Waals surface area contributed by atoms with E-state index in [0.717, 1.165) is 0 Å². The quantitative estimate of drug-likeness (QED) is 0.543. The molecule has 0 aromatic carbocycles. The highest BCUT2D eigenvalue weighted by atomic mass is 16.3. The van der Waals surface area contributed by atoms with Gasteiger partial charge in [-0.2, -0.15) is 9.81 Å². The van der Waals surface area contributed by atoms with Crippen LogP contribution in [-0.2, 0) is 0 Å². The van der Waals surface area contributed by atoms with Crippen molar-refractivity contribution in [3.05, 3.63) is 9.81 Å². The predicted octanol–water partition coefficient (Wildman–Crippen LogP) is 1.69. The van der Waals surface area contributed by atoms with Crippen molar-refractivity contribution in [1.82, 2.24) is 0 Å². The van der Waals surface area contributed by atoms with Gasteiger partial charge in [0.05, 0.1) is 12.1 Å². The number of nitrogens with zero attached hydrogens (tertiary/aromatic N) is 2. The Morgan fingerprint density at radius 3 is 1.67 bits per heavy atom. The van der Waals surface area contributed by atoms with Crippen LogP contribution in [0.3, 0.4) is 0 Å². The summed E-state index contributed by atoms with van der Waals surface area (Å²) in [5.41, 5.74) is 0. The molecule has 0 aromatic heterocycles. The van der Waals surface area contributed by atoms with Crippen LogP contribution in [-0.4, -0.2) is 12.1 Å².